The fourth-order valence-electron chi connectivity index (χ4n) is 5.49. The van der Waals surface area contributed by atoms with Gasteiger partial charge in [0.2, 0.25) is 5.91 Å². The van der Waals surface area contributed by atoms with Crippen molar-refractivity contribution in [3.8, 4) is 0 Å². The molecule has 3 amide bonds. The van der Waals surface area contributed by atoms with E-state index in [-0.39, 0.29) is 37.6 Å². The third-order valence-electron chi connectivity index (χ3n) is 7.64. The Balaban J connectivity index is 1.64. The van der Waals surface area contributed by atoms with Gasteiger partial charge in [-0.1, -0.05) is 23.7 Å². The van der Waals surface area contributed by atoms with Crippen molar-refractivity contribution < 1.29 is 28.6 Å². The van der Waals surface area contributed by atoms with Gasteiger partial charge >= 0.3 is 12.2 Å². The summed E-state index contributed by atoms with van der Waals surface area (Å²) in [4.78, 5) is 45.8. The monoisotopic (exact) mass is 618 g/mol. The smallest absolute Gasteiger partial charge is 0.411 e. The molecule has 2 heterocycles. The molecule has 4 rings (SSSR count). The van der Waals surface area contributed by atoms with Crippen LogP contribution in [0, 0.1) is 0 Å². The Morgan fingerprint density at radius 1 is 1.02 bits per heavy atom. The van der Waals surface area contributed by atoms with Gasteiger partial charge in [0.25, 0.3) is 0 Å². The van der Waals surface area contributed by atoms with Crippen LogP contribution in [0.1, 0.15) is 79.3 Å². The molecule has 43 heavy (non-hydrogen) atoms. The highest BCUT2D eigenvalue weighted by Gasteiger charge is 2.46. The minimum absolute atomic E-state index is 0.0277. The third-order valence-corrected chi connectivity index (χ3v) is 7.95. The van der Waals surface area contributed by atoms with Gasteiger partial charge in [0.15, 0.2) is 0 Å². The Labute approximate surface area is 260 Å². The number of carbonyl (C=O) groups excluding carboxylic acids is 3. The summed E-state index contributed by atoms with van der Waals surface area (Å²) in [5.74, 6) is -0.206. The van der Waals surface area contributed by atoms with Crippen LogP contribution in [0.25, 0.3) is 10.9 Å². The average molecular weight is 619 g/mol. The SMILES string of the molecule is COCCCn1cc(Cl)c2ccc([C@H](C)N(C(=O)[C@H]3CN(C(=O)OC(C)(C)C)CCN3C(=O)OC(C)(C)C)C3CC3)cc21. The van der Waals surface area contributed by atoms with Crippen LogP contribution >= 0.6 is 11.6 Å². The molecule has 1 aromatic carbocycles. The molecule has 1 aromatic heterocycles. The van der Waals surface area contributed by atoms with E-state index < -0.39 is 29.4 Å². The quantitative estimate of drug-likeness (QED) is 0.325. The van der Waals surface area contributed by atoms with E-state index in [0.717, 1.165) is 42.3 Å². The number of fused-ring (bicyclic) bond motifs is 1. The molecule has 1 saturated carbocycles. The number of hydrogen-bond donors (Lipinski definition) is 0. The highest BCUT2D eigenvalue weighted by molar-refractivity contribution is 6.35. The first-order valence-corrected chi connectivity index (χ1v) is 15.5. The van der Waals surface area contributed by atoms with Crippen LogP contribution in [0.3, 0.4) is 0 Å². The van der Waals surface area contributed by atoms with Crippen LogP contribution in [-0.4, -0.2) is 94.0 Å². The van der Waals surface area contributed by atoms with Gasteiger partial charge in [-0.2, -0.15) is 0 Å². The van der Waals surface area contributed by atoms with Crippen molar-refractivity contribution in [2.75, 3.05) is 33.4 Å². The van der Waals surface area contributed by atoms with E-state index in [9.17, 15) is 14.4 Å². The van der Waals surface area contributed by atoms with Crippen LogP contribution in [0.4, 0.5) is 9.59 Å². The van der Waals surface area contributed by atoms with Gasteiger partial charge in [0.1, 0.15) is 17.2 Å². The number of amides is 3. The van der Waals surface area contributed by atoms with Crippen molar-refractivity contribution in [2.45, 2.75) is 104 Å². The van der Waals surface area contributed by atoms with Crippen LogP contribution in [-0.2, 0) is 25.5 Å². The minimum atomic E-state index is -0.907. The molecule has 0 bridgehead atoms. The summed E-state index contributed by atoms with van der Waals surface area (Å²) in [6, 6.07) is 4.98. The molecule has 0 unspecified atom stereocenters. The van der Waals surface area contributed by atoms with Gasteiger partial charge in [-0.05, 0) is 79.4 Å². The molecular weight excluding hydrogens is 572 g/mol. The van der Waals surface area contributed by atoms with Crippen LogP contribution in [0.15, 0.2) is 24.4 Å². The summed E-state index contributed by atoms with van der Waals surface area (Å²) >= 11 is 6.56. The van der Waals surface area contributed by atoms with Crippen LogP contribution in [0.5, 0.6) is 0 Å². The molecular formula is C32H47ClN4O6. The van der Waals surface area contributed by atoms with E-state index in [1.165, 1.54) is 9.80 Å². The van der Waals surface area contributed by atoms with Gasteiger partial charge in [-0.3, -0.25) is 9.69 Å². The summed E-state index contributed by atoms with van der Waals surface area (Å²) in [5, 5.41) is 1.63. The number of aromatic nitrogens is 1. The molecule has 1 saturated heterocycles. The first-order chi connectivity index (χ1) is 20.1. The van der Waals surface area contributed by atoms with E-state index in [1.54, 1.807) is 48.7 Å². The molecule has 2 aromatic rings. The van der Waals surface area contributed by atoms with Crippen molar-refractivity contribution >= 4 is 40.6 Å². The maximum atomic E-state index is 14.5. The molecule has 238 valence electrons. The van der Waals surface area contributed by atoms with E-state index in [4.69, 9.17) is 25.8 Å². The number of methoxy groups -OCH3 is 1. The summed E-state index contributed by atoms with van der Waals surface area (Å²) in [7, 11) is 1.69. The predicted molar refractivity (Wildman–Crippen MR) is 166 cm³/mol. The molecule has 10 nitrogen and oxygen atoms in total. The second-order valence-electron chi connectivity index (χ2n) is 13.6. The van der Waals surface area contributed by atoms with Gasteiger partial charge in [0.05, 0.1) is 17.6 Å². The number of rotatable bonds is 8. The van der Waals surface area contributed by atoms with Gasteiger partial charge in [-0.15, -0.1) is 0 Å². The topological polar surface area (TPSA) is 93.5 Å². The largest absolute Gasteiger partial charge is 0.444 e. The number of piperazine rings is 1. The maximum Gasteiger partial charge on any atom is 0.411 e. The first kappa shape index (κ1) is 32.9. The van der Waals surface area contributed by atoms with Crippen molar-refractivity contribution in [1.82, 2.24) is 19.3 Å². The fourth-order valence-corrected chi connectivity index (χ4v) is 5.76. The Hall–Kier alpha value is -2.98. The second kappa shape index (κ2) is 12.9. The Morgan fingerprint density at radius 2 is 1.67 bits per heavy atom. The molecule has 0 N–H and O–H groups in total. The molecule has 2 atom stereocenters. The first-order valence-electron chi connectivity index (χ1n) is 15.2. The Kier molecular flexibility index (Phi) is 9.91. The van der Waals surface area contributed by atoms with Gasteiger partial charge < -0.3 is 28.6 Å². The van der Waals surface area contributed by atoms with E-state index in [0.29, 0.717) is 11.6 Å². The number of benzene rings is 1. The Morgan fingerprint density at radius 3 is 2.28 bits per heavy atom. The molecule has 11 heteroatoms. The number of hydrogen-bond acceptors (Lipinski definition) is 6. The minimum Gasteiger partial charge on any atom is -0.444 e. The van der Waals surface area contributed by atoms with Crippen molar-refractivity contribution in [1.29, 1.82) is 0 Å². The summed E-state index contributed by atoms with van der Waals surface area (Å²) in [6.45, 7) is 14.7. The maximum absolute atomic E-state index is 14.5. The van der Waals surface area contributed by atoms with Gasteiger partial charge in [-0.25, -0.2) is 9.59 Å². The number of halogens is 1. The summed E-state index contributed by atoms with van der Waals surface area (Å²) < 4.78 is 18.7. The normalized spacial score (nSPS) is 18.5. The lowest BCUT2D eigenvalue weighted by atomic mass is 10.0. The highest BCUT2D eigenvalue weighted by atomic mass is 35.5. The van der Waals surface area contributed by atoms with Crippen molar-refractivity contribution in [3.63, 3.8) is 0 Å². The summed E-state index contributed by atoms with van der Waals surface area (Å²) in [5.41, 5.74) is 0.554. The molecule has 2 aliphatic rings. The highest BCUT2D eigenvalue weighted by Crippen LogP contribution is 2.38. The molecule has 0 spiro atoms. The predicted octanol–water partition coefficient (Wildman–Crippen LogP) is 6.24. The van der Waals surface area contributed by atoms with E-state index in [2.05, 4.69) is 10.6 Å². The standard InChI is InChI=1S/C32H47ClN4O6/c1-21(22-10-13-24-25(33)19-34(26(24)18-22)14-9-17-41-8)37(23-11-12-23)28(38)27-20-35(29(39)42-31(2,3)4)15-16-36(27)30(40)43-32(5,6)7/h10,13,18-19,21,23,27H,9,11-12,14-17,20H2,1-8H3/t21-,27+/m0/s1. The molecule has 1 aliphatic carbocycles. The zero-order chi connectivity index (χ0) is 31.7. The molecule has 2 fully saturated rings. The lowest BCUT2D eigenvalue weighted by Crippen LogP contribution is -2.63. The lowest BCUT2D eigenvalue weighted by Gasteiger charge is -2.43. The van der Waals surface area contributed by atoms with Crippen LogP contribution < -0.4 is 0 Å². The zero-order valence-electron chi connectivity index (χ0n) is 26.8. The Bertz CT molecular complexity index is 1330. The van der Waals surface area contributed by atoms with Crippen LogP contribution in [0.2, 0.25) is 5.02 Å². The molecule has 1 aliphatic heterocycles. The fraction of sp³-hybridized carbons (Fsp3) is 0.656. The number of aryl methyl sites for hydroxylation is 1. The average Bonchev–Trinajstić information content (AvgIpc) is 3.70. The van der Waals surface area contributed by atoms with Gasteiger partial charge in [0, 0.05) is 56.5 Å². The zero-order valence-corrected chi connectivity index (χ0v) is 27.6. The summed E-state index contributed by atoms with van der Waals surface area (Å²) in [6.07, 6.45) is 3.48. The van der Waals surface area contributed by atoms with Crippen molar-refractivity contribution in [3.05, 3.63) is 35.0 Å². The third kappa shape index (κ3) is 8.15. The van der Waals surface area contributed by atoms with E-state index >= 15 is 0 Å². The second-order valence-corrected chi connectivity index (χ2v) is 14.0. The number of nitrogens with zero attached hydrogens (tertiary/aromatic N) is 4. The molecule has 0 radical (unpaired) electrons. The number of ether oxygens (including phenoxy) is 3. The number of carbonyl (C=O) groups is 3. The van der Waals surface area contributed by atoms with E-state index in [1.807, 2.05) is 30.2 Å². The lowest BCUT2D eigenvalue weighted by molar-refractivity contribution is -0.142. The van der Waals surface area contributed by atoms with Crippen molar-refractivity contribution in [2.24, 2.45) is 0 Å².